The molecule has 0 spiro atoms. The van der Waals surface area contributed by atoms with Gasteiger partial charge >= 0.3 is 0 Å². The monoisotopic (exact) mass is 1010 g/mol. The van der Waals surface area contributed by atoms with Crippen LogP contribution in [0.4, 0.5) is 11.4 Å². The second-order valence-corrected chi connectivity index (χ2v) is 20.6. The van der Waals surface area contributed by atoms with Crippen LogP contribution in [0.15, 0.2) is 285 Å². The summed E-state index contributed by atoms with van der Waals surface area (Å²) in [5.74, 6) is 0.696. The number of para-hydroxylation sites is 2. The summed E-state index contributed by atoms with van der Waals surface area (Å²) in [5, 5.41) is 2.50. The molecule has 0 saturated carbocycles. The maximum absolute atomic E-state index is 5.24. The van der Waals surface area contributed by atoms with Gasteiger partial charge in [0.15, 0.2) is 5.82 Å². The molecule has 1 unspecified atom stereocenters. The van der Waals surface area contributed by atoms with E-state index in [0.717, 1.165) is 62.6 Å². The van der Waals surface area contributed by atoms with Crippen LogP contribution in [-0.4, -0.2) is 20.1 Å². The molecule has 0 bridgehead atoms. The molecule has 79 heavy (non-hydrogen) atoms. The number of rotatable bonds is 9. The van der Waals surface area contributed by atoms with Gasteiger partial charge in [-0.15, -0.1) is 0 Å². The smallest absolute Gasteiger partial charge is 0.160 e. The minimum atomic E-state index is -0.338. The maximum Gasteiger partial charge on any atom is 0.160 e. The zero-order chi connectivity index (χ0) is 53.3. The number of allylic oxidation sites excluding steroid dienone is 4. The van der Waals surface area contributed by atoms with Crippen molar-refractivity contribution in [2.45, 2.75) is 32.7 Å². The SMILES string of the molecule is C/C=C\C.CC12CC=C(c3ccccc3)C=C1c1cc(-c3ccc4c(c3)c3ccccc3n4-c3ccccc3)ccc1N2c1cccc(-c2cccc(-c3cc(-c4cccc(-c5ccccc5)c4)nc(-c4ccccc4)n3)c2)c1. The summed E-state index contributed by atoms with van der Waals surface area (Å²) in [5.41, 5.74) is 22.5. The van der Waals surface area contributed by atoms with Crippen LogP contribution in [0, 0.1) is 0 Å². The van der Waals surface area contributed by atoms with Crippen molar-refractivity contribution in [1.82, 2.24) is 14.5 Å². The molecule has 2 aliphatic rings. The molecule has 14 rings (SSSR count). The van der Waals surface area contributed by atoms with Gasteiger partial charge in [0.2, 0.25) is 0 Å². The van der Waals surface area contributed by atoms with Crippen molar-refractivity contribution in [3.05, 3.63) is 296 Å². The van der Waals surface area contributed by atoms with Crippen molar-refractivity contribution in [1.29, 1.82) is 0 Å². The van der Waals surface area contributed by atoms with Crippen molar-refractivity contribution in [2.24, 2.45) is 0 Å². The number of hydrogen-bond acceptors (Lipinski definition) is 3. The van der Waals surface area contributed by atoms with E-state index in [4.69, 9.17) is 9.97 Å². The average molecular weight is 1020 g/mol. The lowest BCUT2D eigenvalue weighted by molar-refractivity contribution is 0.608. The first-order chi connectivity index (χ1) is 38.9. The highest BCUT2D eigenvalue weighted by atomic mass is 15.2. The summed E-state index contributed by atoms with van der Waals surface area (Å²) in [7, 11) is 0. The molecule has 12 aromatic rings. The first kappa shape index (κ1) is 48.7. The Balaban J connectivity index is 0.00000143. The Morgan fingerprint density at radius 1 is 0.392 bits per heavy atom. The Kier molecular flexibility index (Phi) is 12.9. The Hall–Kier alpha value is -9.90. The molecule has 4 heteroatoms. The van der Waals surface area contributed by atoms with Gasteiger partial charge in [0.05, 0.1) is 28.0 Å². The number of aromatic nitrogens is 3. The van der Waals surface area contributed by atoms with E-state index < -0.39 is 0 Å². The standard InChI is InChI=1S/C71H50N4.C4H8/c1-71-40-39-56(49-21-8-3-9-22-49)46-64(71)63-45-55(54-35-37-68-62(44-54)61-33-14-15-34-67(61)74(68)59-30-12-5-13-31-59)36-38-69(63)75(71)60-32-18-27-53(43-60)52-26-17-29-58(42-52)66-47-65(72-70(73-66)50-23-10-4-11-24-50)57-28-16-25-51(41-57)48-19-6-2-7-20-48;1-3-4-2/h2-39,41-47H,40H2,1H3;3-4H,1-2H3/b;4-3-. The molecule has 1 aliphatic carbocycles. The van der Waals surface area contributed by atoms with E-state index >= 15 is 0 Å². The Morgan fingerprint density at radius 2 is 0.886 bits per heavy atom. The molecule has 378 valence electrons. The number of nitrogens with zero attached hydrogens (tertiary/aromatic N) is 4. The molecule has 2 aromatic heterocycles. The molecule has 1 atom stereocenters. The molecule has 0 fully saturated rings. The van der Waals surface area contributed by atoms with Crippen LogP contribution in [0.2, 0.25) is 0 Å². The summed E-state index contributed by atoms with van der Waals surface area (Å²) in [4.78, 5) is 13.0. The van der Waals surface area contributed by atoms with Gasteiger partial charge in [-0.3, -0.25) is 0 Å². The van der Waals surface area contributed by atoms with E-state index in [1.54, 1.807) is 0 Å². The fraction of sp³-hybridized carbons (Fsp3) is 0.0667. The van der Waals surface area contributed by atoms with E-state index in [1.165, 1.54) is 66.5 Å². The summed E-state index contributed by atoms with van der Waals surface area (Å²) in [6, 6.07) is 93.9. The van der Waals surface area contributed by atoms with Gasteiger partial charge in [0.25, 0.3) is 0 Å². The fourth-order valence-corrected chi connectivity index (χ4v) is 11.7. The van der Waals surface area contributed by atoms with Crippen molar-refractivity contribution in [2.75, 3.05) is 4.90 Å². The minimum absolute atomic E-state index is 0.338. The molecule has 0 saturated heterocycles. The van der Waals surface area contributed by atoms with Crippen LogP contribution < -0.4 is 4.90 Å². The molecular weight excluding hydrogens is 957 g/mol. The lowest BCUT2D eigenvalue weighted by atomic mass is 9.79. The van der Waals surface area contributed by atoms with Gasteiger partial charge in [-0.1, -0.05) is 206 Å². The topological polar surface area (TPSA) is 34.0 Å². The van der Waals surface area contributed by atoms with Crippen LogP contribution in [0.1, 0.15) is 38.3 Å². The van der Waals surface area contributed by atoms with Gasteiger partial charge < -0.3 is 9.47 Å². The molecule has 0 radical (unpaired) electrons. The normalized spacial score (nSPS) is 14.6. The predicted molar refractivity (Wildman–Crippen MR) is 333 cm³/mol. The zero-order valence-electron chi connectivity index (χ0n) is 44.6. The first-order valence-corrected chi connectivity index (χ1v) is 27.3. The van der Waals surface area contributed by atoms with Crippen molar-refractivity contribution < 1.29 is 0 Å². The lowest BCUT2D eigenvalue weighted by Gasteiger charge is -2.40. The summed E-state index contributed by atoms with van der Waals surface area (Å²) in [6.07, 6.45) is 9.73. The second kappa shape index (κ2) is 20.9. The summed E-state index contributed by atoms with van der Waals surface area (Å²) < 4.78 is 2.38. The largest absolute Gasteiger partial charge is 0.331 e. The highest BCUT2D eigenvalue weighted by molar-refractivity contribution is 6.11. The van der Waals surface area contributed by atoms with Crippen LogP contribution in [0.25, 0.3) is 106 Å². The molecule has 10 aromatic carbocycles. The zero-order valence-corrected chi connectivity index (χ0v) is 44.6. The van der Waals surface area contributed by atoms with Gasteiger partial charge in [-0.25, -0.2) is 9.97 Å². The average Bonchev–Trinajstić information content (AvgIpc) is 3.86. The van der Waals surface area contributed by atoms with Crippen molar-refractivity contribution in [3.63, 3.8) is 0 Å². The van der Waals surface area contributed by atoms with Crippen LogP contribution in [0.3, 0.4) is 0 Å². The van der Waals surface area contributed by atoms with E-state index in [-0.39, 0.29) is 5.54 Å². The van der Waals surface area contributed by atoms with Crippen molar-refractivity contribution in [3.8, 4) is 73.0 Å². The number of fused-ring (bicyclic) bond motifs is 6. The molecule has 0 amide bonds. The quantitative estimate of drug-likeness (QED) is 0.135. The third-order valence-electron chi connectivity index (χ3n) is 15.7. The summed E-state index contributed by atoms with van der Waals surface area (Å²) in [6.45, 7) is 6.42. The first-order valence-electron chi connectivity index (χ1n) is 27.3. The molecule has 1 aliphatic heterocycles. The minimum Gasteiger partial charge on any atom is -0.331 e. The Bertz CT molecular complexity index is 4300. The highest BCUT2D eigenvalue weighted by Crippen LogP contribution is 2.56. The molecular formula is C75H58N4. The number of anilines is 2. The van der Waals surface area contributed by atoms with E-state index in [1.807, 2.05) is 44.2 Å². The molecule has 4 nitrogen and oxygen atoms in total. The van der Waals surface area contributed by atoms with Crippen LogP contribution in [0.5, 0.6) is 0 Å². The Morgan fingerprint density at radius 3 is 1.56 bits per heavy atom. The molecule has 3 heterocycles. The van der Waals surface area contributed by atoms with E-state index in [9.17, 15) is 0 Å². The number of hydrogen-bond donors (Lipinski definition) is 0. The predicted octanol–water partition coefficient (Wildman–Crippen LogP) is 19.9. The fourth-order valence-electron chi connectivity index (χ4n) is 11.7. The lowest BCUT2D eigenvalue weighted by Crippen LogP contribution is -2.40. The van der Waals surface area contributed by atoms with Gasteiger partial charge in [-0.2, -0.15) is 0 Å². The highest BCUT2D eigenvalue weighted by Gasteiger charge is 2.46. The third kappa shape index (κ3) is 9.17. The summed E-state index contributed by atoms with van der Waals surface area (Å²) >= 11 is 0. The van der Waals surface area contributed by atoms with Gasteiger partial charge in [0, 0.05) is 50.1 Å². The molecule has 0 N–H and O–H groups in total. The van der Waals surface area contributed by atoms with E-state index in [0.29, 0.717) is 5.82 Å². The Labute approximate surface area is 463 Å². The third-order valence-corrected chi connectivity index (χ3v) is 15.7. The number of benzene rings is 10. The van der Waals surface area contributed by atoms with Crippen LogP contribution in [-0.2, 0) is 0 Å². The second-order valence-electron chi connectivity index (χ2n) is 20.6. The van der Waals surface area contributed by atoms with Crippen molar-refractivity contribution >= 4 is 44.3 Å². The van der Waals surface area contributed by atoms with Gasteiger partial charge in [0.1, 0.15) is 0 Å². The van der Waals surface area contributed by atoms with E-state index in [2.05, 4.69) is 271 Å². The van der Waals surface area contributed by atoms with Crippen LogP contribution >= 0.6 is 0 Å². The maximum atomic E-state index is 5.24. The van der Waals surface area contributed by atoms with Gasteiger partial charge in [-0.05, 0) is 156 Å².